The highest BCUT2D eigenvalue weighted by molar-refractivity contribution is 5.28. The van der Waals surface area contributed by atoms with E-state index in [-0.39, 0.29) is 34.9 Å². The Morgan fingerprint density at radius 3 is 0.982 bits per heavy atom. The number of halogens is 4. The third-order valence-corrected chi connectivity index (χ3v) is 17.5. The van der Waals surface area contributed by atoms with Crippen LogP contribution in [0, 0.1) is 0 Å². The first kappa shape index (κ1) is 89.1. The van der Waals surface area contributed by atoms with Crippen molar-refractivity contribution in [3.8, 4) is 0 Å². The predicted molar refractivity (Wildman–Crippen MR) is 365 cm³/mol. The van der Waals surface area contributed by atoms with Crippen LogP contribution in [0.25, 0.3) is 31.3 Å². The number of nitrogen functional groups attached to an aromatic ring is 6. The third-order valence-electron chi connectivity index (χ3n) is 17.5. The molecule has 57 heteroatoms. The molecular weight excluding hydrogens is 1540 g/mol. The van der Waals surface area contributed by atoms with Crippen LogP contribution in [0.5, 0.6) is 0 Å². The first-order valence-electron chi connectivity index (χ1n) is 32.2. The average Bonchev–Trinajstić information content (AvgIpc) is 1.63. The number of aromatic nitrogens is 12. The van der Waals surface area contributed by atoms with Crippen molar-refractivity contribution in [2.45, 2.75) is 159 Å². The molecule has 24 atom stereocenters. The fourth-order valence-electron chi connectivity index (χ4n) is 11.4. The number of alkyl halides is 4. The van der Waals surface area contributed by atoms with Gasteiger partial charge in [-0.05, 0) is 66.8 Å². The van der Waals surface area contributed by atoms with Crippen LogP contribution in [0.4, 0.5) is 52.5 Å². The molecule has 26 N–H and O–H groups in total. The molecule has 6 fully saturated rings. The lowest BCUT2D eigenvalue weighted by Crippen LogP contribution is -2.46. The lowest BCUT2D eigenvalue weighted by atomic mass is 9.96. The molecule has 12 rings (SSSR count). The van der Waals surface area contributed by atoms with Crippen molar-refractivity contribution in [3.05, 3.63) is 168 Å². The van der Waals surface area contributed by atoms with Crippen LogP contribution >= 0.6 is 0 Å². The van der Waals surface area contributed by atoms with Crippen LogP contribution in [0.2, 0.25) is 0 Å². The molecular formula is C56H75F4N27O26. The summed E-state index contributed by atoms with van der Waals surface area (Å²) in [5, 5.41) is 142. The third kappa shape index (κ3) is 18.5. The molecule has 0 bridgehead atoms. The number of aliphatic hydroxyl groups excluding tert-OH is 13. The molecule has 0 aromatic carbocycles. The second kappa shape index (κ2) is 36.6. The zero-order valence-electron chi connectivity index (χ0n) is 58.2. The van der Waals surface area contributed by atoms with E-state index in [0.717, 1.165) is 46.7 Å². The maximum absolute atomic E-state index is 14.4. The summed E-state index contributed by atoms with van der Waals surface area (Å²) in [6.07, 6.45) is -21.7. The highest BCUT2D eigenvalue weighted by Crippen LogP contribution is 2.44. The van der Waals surface area contributed by atoms with Gasteiger partial charge in [-0.2, -0.15) is 29.9 Å². The highest BCUT2D eigenvalue weighted by Gasteiger charge is 2.60. The van der Waals surface area contributed by atoms with Crippen LogP contribution in [-0.2, 0) is 28.4 Å². The first-order valence-corrected chi connectivity index (χ1v) is 32.2. The van der Waals surface area contributed by atoms with E-state index in [1.165, 1.54) is 68.1 Å². The van der Waals surface area contributed by atoms with E-state index in [9.17, 15) is 103 Å². The van der Waals surface area contributed by atoms with Gasteiger partial charge >= 0.3 is 34.1 Å². The molecule has 113 heavy (non-hydrogen) atoms. The molecule has 0 aliphatic carbocycles. The fraction of sp³-hybridized carbons (Fsp3) is 0.571. The maximum Gasteiger partial charge on any atom is 0.351 e. The minimum absolute atomic E-state index is 0.00839. The van der Waals surface area contributed by atoms with E-state index >= 15 is 0 Å². The first-order chi connectivity index (χ1) is 53.1. The van der Waals surface area contributed by atoms with Gasteiger partial charge in [-0.15, -0.1) is 0 Å². The molecule has 6 aromatic heterocycles. The minimum atomic E-state index is -2.21. The van der Waals surface area contributed by atoms with Crippen molar-refractivity contribution in [3.63, 3.8) is 0 Å². The number of anilines is 6. The van der Waals surface area contributed by atoms with Crippen molar-refractivity contribution in [2.24, 2.45) is 15.3 Å². The molecule has 0 radical (unpaired) electrons. The number of nitrogens with zero attached hydrogens (tertiary/aromatic N) is 21. The number of azide groups is 3. The summed E-state index contributed by atoms with van der Waals surface area (Å²) in [6, 6.07) is 7.76. The van der Waals surface area contributed by atoms with Gasteiger partial charge in [-0.25, -0.2) is 46.3 Å². The van der Waals surface area contributed by atoms with E-state index in [1.807, 2.05) is 0 Å². The van der Waals surface area contributed by atoms with Crippen LogP contribution in [0.15, 0.2) is 118 Å². The summed E-state index contributed by atoms with van der Waals surface area (Å²) in [5.41, 5.74) is 41.9. The van der Waals surface area contributed by atoms with Gasteiger partial charge in [0, 0.05) is 51.9 Å². The monoisotopic (exact) mass is 1620 g/mol. The molecule has 12 heterocycles. The Morgan fingerprint density at radius 2 is 0.690 bits per heavy atom. The van der Waals surface area contributed by atoms with E-state index in [2.05, 4.69) is 60.0 Å². The van der Waals surface area contributed by atoms with Crippen molar-refractivity contribution in [1.82, 2.24) is 57.3 Å². The molecule has 0 spiro atoms. The Labute approximate surface area is 624 Å². The second-order valence-electron chi connectivity index (χ2n) is 24.9. The van der Waals surface area contributed by atoms with Crippen LogP contribution in [-0.4, -0.2) is 276 Å². The number of hydrogen-bond acceptors (Lipinski definition) is 41. The summed E-state index contributed by atoms with van der Waals surface area (Å²) >= 11 is 0. The van der Waals surface area contributed by atoms with Gasteiger partial charge in [0.2, 0.25) is 17.2 Å². The number of aliphatic hydroxyl groups is 14. The van der Waals surface area contributed by atoms with E-state index in [0.29, 0.717) is 0 Å². The van der Waals surface area contributed by atoms with Gasteiger partial charge in [-0.1, -0.05) is 15.3 Å². The molecule has 53 nitrogen and oxygen atoms in total. The highest BCUT2D eigenvalue weighted by atomic mass is 19.2. The predicted octanol–water partition coefficient (Wildman–Crippen LogP) is -8.78. The van der Waals surface area contributed by atoms with Gasteiger partial charge in [0.15, 0.2) is 61.6 Å². The standard InChI is InChI=1S/C10H14FN3O4.C10H15N3O5.2C9H11FN6O4.C9H12FN3O4.C9H12N6O5/c1-10(11)7(16)5(4-15)18-8(10)14-3-2-6(12)13-9(14)17;1-10(17)7(15)5(4-14)18-8(10)13-3-2-6(11)12-9(13)16;2*10-5-6(18)9(3-17,14-15-12)20-7(5)16-2-1-4(11)13-8(16)19;10-6-7(15)4(3-14)17-8(6)13-2-1-5(11)12-9(13)16;10-4-1-2-15(8(19)12-4)7-5(17)6(18)9(3-16,20-7)13-14-11/h2-3,5,7-8,15-16H,4H2,1H3,(H2,12,13,17);2-3,5,7-8,14-15,17H,4H2,1H3,(H2,11,12,16);2*1-2,5-7,17-18H,3H2,(H2,11,13,19);1-2,4,6-8,14-15H,3H2,(H2,11,12,16);1-2,5-7,16-18H,3H2,(H2,10,12,19)/t2*5-,7-,8-,10-;5-,6+,7-,9-;5-,6-,7+,9+;4-,6-,7-,8-;5-,6-,7+,9+/m111010/s1. The van der Waals surface area contributed by atoms with Gasteiger partial charge in [0.05, 0.1) is 39.6 Å². The van der Waals surface area contributed by atoms with Gasteiger partial charge in [0.25, 0.3) is 0 Å². The van der Waals surface area contributed by atoms with Crippen LogP contribution in [0.1, 0.15) is 51.2 Å². The summed E-state index contributed by atoms with van der Waals surface area (Å²) in [6.45, 7) is -1.91. The molecule has 0 amide bonds. The molecule has 0 saturated carbocycles. The molecule has 0 unspecified atom stereocenters. The number of nitrogens with two attached hydrogens (primary N) is 6. The van der Waals surface area contributed by atoms with Gasteiger partial charge in [-0.3, -0.25) is 27.4 Å². The Hall–Kier alpha value is -11.1. The van der Waals surface area contributed by atoms with Gasteiger partial charge in [0.1, 0.15) is 102 Å². The maximum atomic E-state index is 14.4. The average molecular weight is 1620 g/mol. The lowest BCUT2D eigenvalue weighted by molar-refractivity contribution is -0.125. The van der Waals surface area contributed by atoms with Crippen molar-refractivity contribution < 1.29 is 117 Å². The zero-order chi connectivity index (χ0) is 84.3. The summed E-state index contributed by atoms with van der Waals surface area (Å²) in [4.78, 5) is 97.5. The summed E-state index contributed by atoms with van der Waals surface area (Å²) < 4.78 is 92.1. The number of ether oxygens (including phenoxy) is 6. The molecule has 6 aliphatic rings. The molecule has 6 aliphatic heterocycles. The minimum Gasteiger partial charge on any atom is -0.394 e. The van der Waals surface area contributed by atoms with E-state index in [4.69, 9.17) is 94.7 Å². The van der Waals surface area contributed by atoms with Crippen molar-refractivity contribution in [1.29, 1.82) is 0 Å². The lowest BCUT2D eigenvalue weighted by Gasteiger charge is -2.27. The smallest absolute Gasteiger partial charge is 0.351 e. The Kier molecular flexibility index (Phi) is 28.9. The fourth-order valence-corrected chi connectivity index (χ4v) is 11.4. The topological polar surface area (TPSA) is 850 Å². The van der Waals surface area contributed by atoms with Crippen LogP contribution < -0.4 is 68.5 Å². The molecule has 6 saturated heterocycles. The van der Waals surface area contributed by atoms with Gasteiger partial charge < -0.3 is 134 Å². The molecule has 6 aromatic rings. The number of rotatable bonds is 15. The second-order valence-corrected chi connectivity index (χ2v) is 24.9. The van der Waals surface area contributed by atoms with Crippen molar-refractivity contribution >= 4 is 34.9 Å². The Balaban J connectivity index is 0.000000188. The zero-order valence-corrected chi connectivity index (χ0v) is 58.2. The SMILES string of the molecule is C[C@@]1(F)[C@H](O)[C@@H](CO)O[C@H]1n1ccc(N)nc1=O.C[C@@]1(O)[C@H](O)[C@@H](CO)O[C@H]1n1ccc(N)nc1=O.Nc1ccn([C@@H]2O[C@H](CO)[C@@H](O)[C@H]2F)c(=O)n1.[N-]=[N+]=N[C@]1(CO)O[C@@H](n2ccc(N)nc2=O)[C@@H](F)[C@@H]1O.[N-]=[N+]=N[C@]1(CO)O[C@@H](n2ccc(N)nc2=O)[C@@H](O)[C@@H]1O.[N-]=[N+]=N[C@]1(CO)O[C@@H](n2ccc(N)nc2=O)[C@H](F)[C@@H]1O. The van der Waals surface area contributed by atoms with Crippen LogP contribution in [0.3, 0.4) is 0 Å². The normalized spacial score (nSPS) is 33.8. The summed E-state index contributed by atoms with van der Waals surface area (Å²) in [5.74, 6) is -0.0868. The molecule has 618 valence electrons. The van der Waals surface area contributed by atoms with E-state index < -0.39 is 219 Å². The quantitative estimate of drug-likeness (QED) is 0.0196. The number of hydrogen-bond donors (Lipinski definition) is 20. The Bertz CT molecular complexity index is 4500. The van der Waals surface area contributed by atoms with Crippen molar-refractivity contribution in [2.75, 3.05) is 74.0 Å². The van der Waals surface area contributed by atoms with E-state index in [1.54, 1.807) is 0 Å². The summed E-state index contributed by atoms with van der Waals surface area (Å²) in [7, 11) is 0. The Morgan fingerprint density at radius 1 is 0.407 bits per heavy atom. The largest absolute Gasteiger partial charge is 0.394 e.